The molecule has 0 saturated heterocycles. The summed E-state index contributed by atoms with van der Waals surface area (Å²) in [5.41, 5.74) is 4.42. The van der Waals surface area contributed by atoms with Crippen molar-refractivity contribution in [3.05, 3.63) is 47.5 Å². The van der Waals surface area contributed by atoms with Crippen LogP contribution in [0.2, 0.25) is 0 Å². The van der Waals surface area contributed by atoms with Crippen molar-refractivity contribution >= 4 is 11.5 Å². The molecule has 0 amide bonds. The first-order valence-corrected chi connectivity index (χ1v) is 7.77. The van der Waals surface area contributed by atoms with Crippen LogP contribution < -0.4 is 5.32 Å². The normalized spacial score (nSPS) is 10.8. The maximum atomic E-state index is 4.07. The van der Waals surface area contributed by atoms with E-state index in [1.54, 1.807) is 0 Å². The van der Waals surface area contributed by atoms with Crippen molar-refractivity contribution < 1.29 is 0 Å². The molecule has 2 rings (SSSR count). The Labute approximate surface area is 124 Å². The van der Waals surface area contributed by atoms with Crippen molar-refractivity contribution in [2.24, 2.45) is 5.92 Å². The maximum Gasteiger partial charge on any atom is 0.105 e. The molecule has 3 nitrogen and oxygen atoms in total. The molecule has 1 heterocycles. The van der Waals surface area contributed by atoms with Gasteiger partial charge < -0.3 is 5.32 Å². The van der Waals surface area contributed by atoms with Gasteiger partial charge in [-0.3, -0.25) is 0 Å². The lowest BCUT2D eigenvalue weighted by molar-refractivity contribution is 0.567. The van der Waals surface area contributed by atoms with Gasteiger partial charge in [-0.1, -0.05) is 49.2 Å². The van der Waals surface area contributed by atoms with Crippen LogP contribution in [0, 0.1) is 5.92 Å². The fraction of sp³-hybridized carbons (Fsp3) is 0.375. The fourth-order valence-corrected chi connectivity index (χ4v) is 2.33. The van der Waals surface area contributed by atoms with Crippen LogP contribution in [-0.2, 0) is 6.54 Å². The molecule has 0 unspecified atom stereocenters. The highest BCUT2D eigenvalue weighted by molar-refractivity contribution is 7.03. The van der Waals surface area contributed by atoms with Gasteiger partial charge in [0.1, 0.15) is 5.69 Å². The highest BCUT2D eigenvalue weighted by Crippen LogP contribution is 2.18. The molecule has 1 aromatic heterocycles. The summed E-state index contributed by atoms with van der Waals surface area (Å²) >= 11 is 1.38. The minimum Gasteiger partial charge on any atom is -0.385 e. The second kappa shape index (κ2) is 7.20. The molecule has 0 aliphatic heterocycles. The van der Waals surface area contributed by atoms with Crippen LogP contribution in [0.5, 0.6) is 0 Å². The van der Waals surface area contributed by atoms with Gasteiger partial charge >= 0.3 is 0 Å². The lowest BCUT2D eigenvalue weighted by Crippen LogP contribution is -2.12. The van der Waals surface area contributed by atoms with E-state index in [0.29, 0.717) is 0 Å². The van der Waals surface area contributed by atoms with Gasteiger partial charge in [-0.15, -0.1) is 5.10 Å². The number of hydrogen-bond donors (Lipinski definition) is 1. The predicted octanol–water partition coefficient (Wildman–Crippen LogP) is 4.24. The van der Waals surface area contributed by atoms with Crippen LogP contribution in [0.15, 0.2) is 41.9 Å². The standard InChI is InChI=1S/C16H21N3S/c1-12(2)4-5-13(3)17-10-14-6-8-15(9-7-14)16-11-20-19-18-16/h6-9,11-12,17H,3-5,10H2,1-2H3. The minimum absolute atomic E-state index is 0.722. The highest BCUT2D eigenvalue weighted by atomic mass is 32.1. The highest BCUT2D eigenvalue weighted by Gasteiger charge is 2.02. The van der Waals surface area contributed by atoms with E-state index < -0.39 is 0 Å². The Kier molecular flexibility index (Phi) is 5.30. The number of allylic oxidation sites excluding steroid dienone is 1. The first-order chi connectivity index (χ1) is 9.65. The monoisotopic (exact) mass is 287 g/mol. The summed E-state index contributed by atoms with van der Waals surface area (Å²) < 4.78 is 3.88. The van der Waals surface area contributed by atoms with E-state index in [2.05, 4.69) is 59.6 Å². The first-order valence-electron chi connectivity index (χ1n) is 6.93. The van der Waals surface area contributed by atoms with Crippen LogP contribution in [0.1, 0.15) is 32.3 Å². The molecule has 0 spiro atoms. The molecule has 0 atom stereocenters. The van der Waals surface area contributed by atoms with Crippen molar-refractivity contribution in [2.75, 3.05) is 0 Å². The van der Waals surface area contributed by atoms with Crippen molar-refractivity contribution in [3.8, 4) is 11.3 Å². The van der Waals surface area contributed by atoms with E-state index in [0.717, 1.165) is 35.8 Å². The second-order valence-electron chi connectivity index (χ2n) is 5.38. The molecule has 1 N–H and O–H groups in total. The summed E-state index contributed by atoms with van der Waals surface area (Å²) in [6.45, 7) is 9.37. The molecule has 4 heteroatoms. The molecular weight excluding hydrogens is 266 g/mol. The van der Waals surface area contributed by atoms with E-state index in [-0.39, 0.29) is 0 Å². The molecule has 0 bridgehead atoms. The Balaban J connectivity index is 1.84. The van der Waals surface area contributed by atoms with Gasteiger partial charge in [0.25, 0.3) is 0 Å². The average molecular weight is 287 g/mol. The zero-order valence-corrected chi connectivity index (χ0v) is 12.9. The molecule has 0 radical (unpaired) electrons. The quantitative estimate of drug-likeness (QED) is 0.827. The van der Waals surface area contributed by atoms with Gasteiger partial charge in [-0.05, 0) is 35.9 Å². The number of nitrogens with zero attached hydrogens (tertiary/aromatic N) is 2. The zero-order chi connectivity index (χ0) is 14.4. The Morgan fingerprint density at radius 2 is 2.05 bits per heavy atom. The van der Waals surface area contributed by atoms with Gasteiger partial charge in [0.15, 0.2) is 0 Å². The van der Waals surface area contributed by atoms with E-state index in [4.69, 9.17) is 0 Å². The van der Waals surface area contributed by atoms with E-state index in [1.165, 1.54) is 23.5 Å². The first kappa shape index (κ1) is 14.7. The van der Waals surface area contributed by atoms with Crippen LogP contribution in [0.4, 0.5) is 0 Å². The Morgan fingerprint density at radius 1 is 1.30 bits per heavy atom. The van der Waals surface area contributed by atoms with Crippen molar-refractivity contribution in [3.63, 3.8) is 0 Å². The number of nitrogens with one attached hydrogen (secondary N) is 1. The van der Waals surface area contributed by atoms with Crippen molar-refractivity contribution in [1.29, 1.82) is 0 Å². The fourth-order valence-electron chi connectivity index (χ4n) is 1.86. The van der Waals surface area contributed by atoms with Gasteiger partial charge in [0.05, 0.1) is 0 Å². The molecule has 2 aromatic rings. The number of aromatic nitrogens is 2. The summed E-state index contributed by atoms with van der Waals surface area (Å²) in [5, 5.41) is 9.42. The minimum atomic E-state index is 0.722. The number of rotatable bonds is 7. The second-order valence-corrected chi connectivity index (χ2v) is 5.99. The molecule has 0 aliphatic rings. The largest absolute Gasteiger partial charge is 0.385 e. The van der Waals surface area contributed by atoms with Crippen LogP contribution in [0.3, 0.4) is 0 Å². The van der Waals surface area contributed by atoms with Gasteiger partial charge in [-0.25, -0.2) is 0 Å². The lowest BCUT2D eigenvalue weighted by Gasteiger charge is -2.11. The number of hydrogen-bond acceptors (Lipinski definition) is 4. The van der Waals surface area contributed by atoms with Crippen LogP contribution in [0.25, 0.3) is 11.3 Å². The summed E-state index contributed by atoms with van der Waals surface area (Å²) in [6.07, 6.45) is 2.22. The third-order valence-corrected chi connectivity index (χ3v) is 3.68. The van der Waals surface area contributed by atoms with Crippen LogP contribution in [-0.4, -0.2) is 9.59 Å². The smallest absolute Gasteiger partial charge is 0.105 e. The number of benzene rings is 1. The Morgan fingerprint density at radius 3 is 2.65 bits per heavy atom. The Hall–Kier alpha value is -1.68. The molecule has 0 aliphatic carbocycles. The van der Waals surface area contributed by atoms with E-state index in [1.807, 2.05) is 5.38 Å². The maximum absolute atomic E-state index is 4.07. The molecule has 0 fully saturated rings. The zero-order valence-electron chi connectivity index (χ0n) is 12.1. The van der Waals surface area contributed by atoms with Crippen molar-refractivity contribution in [2.45, 2.75) is 33.2 Å². The summed E-state index contributed by atoms with van der Waals surface area (Å²) in [4.78, 5) is 0. The van der Waals surface area contributed by atoms with Crippen LogP contribution >= 0.6 is 11.5 Å². The molecule has 106 valence electrons. The third kappa shape index (κ3) is 4.46. The molecule has 20 heavy (non-hydrogen) atoms. The SMILES string of the molecule is C=C(CCC(C)C)NCc1ccc(-c2csnn2)cc1. The molecule has 0 saturated carbocycles. The summed E-state index contributed by atoms with van der Waals surface area (Å²) in [7, 11) is 0. The molecular formula is C16H21N3S. The summed E-state index contributed by atoms with van der Waals surface area (Å²) in [6, 6.07) is 8.42. The van der Waals surface area contributed by atoms with E-state index >= 15 is 0 Å². The van der Waals surface area contributed by atoms with Gasteiger partial charge in [0, 0.05) is 23.2 Å². The van der Waals surface area contributed by atoms with Gasteiger partial charge in [-0.2, -0.15) is 0 Å². The topological polar surface area (TPSA) is 37.8 Å². The Bertz CT molecular complexity index is 529. The van der Waals surface area contributed by atoms with Gasteiger partial charge in [0.2, 0.25) is 0 Å². The third-order valence-electron chi connectivity index (χ3n) is 3.18. The van der Waals surface area contributed by atoms with Crippen molar-refractivity contribution in [1.82, 2.24) is 14.9 Å². The molecule has 1 aromatic carbocycles. The lowest BCUT2D eigenvalue weighted by atomic mass is 10.1. The average Bonchev–Trinajstić information content (AvgIpc) is 2.97. The predicted molar refractivity (Wildman–Crippen MR) is 85.4 cm³/mol. The van der Waals surface area contributed by atoms with E-state index in [9.17, 15) is 0 Å². The summed E-state index contributed by atoms with van der Waals surface area (Å²) in [5.74, 6) is 0.722.